The minimum Gasteiger partial charge on any atom is -0.323 e. The van der Waals surface area contributed by atoms with Gasteiger partial charge in [0.25, 0.3) is 12.9 Å². The maximum atomic E-state index is 13.0. The van der Waals surface area contributed by atoms with Crippen molar-refractivity contribution in [2.24, 2.45) is 11.5 Å². The zero-order valence-electron chi connectivity index (χ0n) is 28.9. The minimum atomic E-state index is -2.84. The van der Waals surface area contributed by atoms with Crippen molar-refractivity contribution >= 4 is 55.0 Å². The maximum absolute atomic E-state index is 13.0. The van der Waals surface area contributed by atoms with Gasteiger partial charge in [0.05, 0.1) is 13.2 Å². The van der Waals surface area contributed by atoms with Gasteiger partial charge in [0.2, 0.25) is 0 Å². The third kappa shape index (κ3) is 14.3. The lowest BCUT2D eigenvalue weighted by molar-refractivity contribution is 0.150. The van der Waals surface area contributed by atoms with E-state index < -0.39 is 32.2 Å². The van der Waals surface area contributed by atoms with Crippen LogP contribution in [-0.2, 0) is 26.5 Å². The van der Waals surface area contributed by atoms with E-state index in [1.54, 1.807) is 24.3 Å². The fourth-order valence-corrected chi connectivity index (χ4v) is 8.80. The Morgan fingerprint density at radius 1 is 0.654 bits per heavy atom. The number of rotatable bonds is 20. The Balaban J connectivity index is 1.14. The maximum Gasteiger partial charge on any atom is 0.319 e. The first-order valence-corrected chi connectivity index (χ1v) is 20.3. The second kappa shape index (κ2) is 20.0. The van der Waals surface area contributed by atoms with E-state index in [0.717, 1.165) is 20.9 Å². The van der Waals surface area contributed by atoms with Gasteiger partial charge in [-0.1, -0.05) is 83.1 Å². The SMILES string of the molecule is C[C@@](N)(CCCc1ccc(Sc2cccc(C(F)F)c2)cc1Cl)CO[PH](=O)OC[C@](C)(N)CCCc1ccc(Sc2cccc(C(F)F)c2)cc1Cl. The van der Waals surface area contributed by atoms with Crippen molar-refractivity contribution in [2.45, 2.75) is 95.9 Å². The molecule has 0 aliphatic rings. The van der Waals surface area contributed by atoms with Crippen molar-refractivity contribution in [3.8, 4) is 0 Å². The van der Waals surface area contributed by atoms with Gasteiger partial charge in [-0.15, -0.1) is 0 Å². The van der Waals surface area contributed by atoms with Gasteiger partial charge in [-0.3, -0.25) is 4.57 Å². The van der Waals surface area contributed by atoms with Crippen molar-refractivity contribution in [3.63, 3.8) is 0 Å². The number of halogens is 6. The van der Waals surface area contributed by atoms with Crippen LogP contribution in [0.5, 0.6) is 0 Å². The van der Waals surface area contributed by atoms with Crippen LogP contribution < -0.4 is 11.5 Å². The van der Waals surface area contributed by atoms with E-state index in [0.29, 0.717) is 58.4 Å². The van der Waals surface area contributed by atoms with Crippen LogP contribution in [0.2, 0.25) is 10.0 Å². The molecule has 0 amide bonds. The largest absolute Gasteiger partial charge is 0.323 e. The fourth-order valence-electron chi connectivity index (χ4n) is 5.29. The van der Waals surface area contributed by atoms with E-state index in [9.17, 15) is 22.1 Å². The molecule has 0 spiro atoms. The molecule has 0 unspecified atom stereocenters. The third-order valence-corrected chi connectivity index (χ3v) is 11.6. The Bertz CT molecular complexity index is 1680. The second-order valence-corrected chi connectivity index (χ2v) is 17.5. The summed E-state index contributed by atoms with van der Waals surface area (Å²) in [6, 6.07) is 23.9. The molecule has 2 atom stereocenters. The standard InChI is InChI=1S/C38H43Cl2F4N2O3PS2/c1-37(45,17-5-9-25-13-15-31(21-33(25)39)51-29-11-3-7-27(19-29)35(41)42)23-48-50(47)49-24-38(2,46)18-6-10-26-14-16-32(22-34(26)40)52-30-12-4-8-28(20-30)36(43)44/h3-4,7-8,11-16,19-22,35-36,50H,5-6,9-10,17-18,23-24,45-46H2,1-2H3/t37-,38-/m1/s1. The molecular formula is C38H43Cl2F4N2O3PS2. The quantitative estimate of drug-likeness (QED) is 0.0678. The minimum absolute atomic E-state index is 0.0217. The van der Waals surface area contributed by atoms with Crippen LogP contribution in [0.3, 0.4) is 0 Å². The van der Waals surface area contributed by atoms with Crippen molar-refractivity contribution in [1.29, 1.82) is 0 Å². The molecule has 0 fully saturated rings. The summed E-state index contributed by atoms with van der Waals surface area (Å²) in [4.78, 5) is 3.12. The highest BCUT2D eigenvalue weighted by Crippen LogP contribution is 2.36. The molecule has 0 aromatic heterocycles. The highest BCUT2D eigenvalue weighted by molar-refractivity contribution is 7.99. The van der Waals surface area contributed by atoms with Crippen LogP contribution in [0.4, 0.5) is 17.6 Å². The highest BCUT2D eigenvalue weighted by Gasteiger charge is 2.23. The molecule has 0 saturated heterocycles. The van der Waals surface area contributed by atoms with Gasteiger partial charge in [-0.25, -0.2) is 17.6 Å². The number of hydrogen-bond donors (Lipinski definition) is 2. The van der Waals surface area contributed by atoms with Crippen molar-refractivity contribution in [2.75, 3.05) is 13.2 Å². The molecule has 52 heavy (non-hydrogen) atoms. The zero-order chi connectivity index (χ0) is 37.9. The van der Waals surface area contributed by atoms with Crippen molar-refractivity contribution < 1.29 is 31.2 Å². The molecule has 5 nitrogen and oxygen atoms in total. The van der Waals surface area contributed by atoms with Gasteiger partial charge in [0.15, 0.2) is 0 Å². The summed E-state index contributed by atoms with van der Waals surface area (Å²) in [7, 11) is -2.84. The Kier molecular flexibility index (Phi) is 16.4. The molecule has 4 aromatic carbocycles. The van der Waals surface area contributed by atoms with Crippen LogP contribution in [0.1, 0.15) is 74.6 Å². The molecule has 4 N–H and O–H groups in total. The summed E-state index contributed by atoms with van der Waals surface area (Å²) < 4.78 is 75.7. The number of benzene rings is 4. The van der Waals surface area contributed by atoms with Crippen LogP contribution in [-0.4, -0.2) is 24.3 Å². The fraction of sp³-hybridized carbons (Fsp3) is 0.368. The first-order chi connectivity index (χ1) is 24.6. The Morgan fingerprint density at radius 3 is 1.40 bits per heavy atom. The molecule has 0 saturated carbocycles. The average molecular weight is 818 g/mol. The molecule has 14 heteroatoms. The first-order valence-electron chi connectivity index (χ1n) is 16.7. The molecule has 4 rings (SSSR count). The van der Waals surface area contributed by atoms with Crippen LogP contribution >= 0.6 is 55.0 Å². The summed E-state index contributed by atoms with van der Waals surface area (Å²) >= 11 is 15.8. The third-order valence-electron chi connectivity index (χ3n) is 8.17. The molecular weight excluding hydrogens is 774 g/mol. The second-order valence-electron chi connectivity index (χ2n) is 13.3. The summed E-state index contributed by atoms with van der Waals surface area (Å²) in [6.07, 6.45) is -1.13. The van der Waals surface area contributed by atoms with Crippen LogP contribution in [0.15, 0.2) is 105 Å². The monoisotopic (exact) mass is 816 g/mol. The van der Waals surface area contributed by atoms with Gasteiger partial charge < -0.3 is 20.5 Å². The van der Waals surface area contributed by atoms with Gasteiger partial charge in [-0.2, -0.15) is 0 Å². The number of aryl methyl sites for hydroxylation is 2. The highest BCUT2D eigenvalue weighted by atomic mass is 35.5. The van der Waals surface area contributed by atoms with Crippen molar-refractivity contribution in [3.05, 3.63) is 117 Å². The van der Waals surface area contributed by atoms with Gasteiger partial charge in [0, 0.05) is 51.8 Å². The lowest BCUT2D eigenvalue weighted by atomic mass is 9.95. The Labute approximate surface area is 322 Å². The summed E-state index contributed by atoms with van der Waals surface area (Å²) in [5.41, 5.74) is 13.2. The Morgan fingerprint density at radius 2 is 1.04 bits per heavy atom. The first kappa shape index (κ1) is 42.7. The van der Waals surface area contributed by atoms with Crippen LogP contribution in [0.25, 0.3) is 0 Å². The predicted molar refractivity (Wildman–Crippen MR) is 206 cm³/mol. The Hall–Kier alpha value is -2.05. The molecule has 0 heterocycles. The normalized spacial score (nSPS) is 14.2. The van der Waals surface area contributed by atoms with Crippen molar-refractivity contribution in [1.82, 2.24) is 0 Å². The van der Waals surface area contributed by atoms with E-state index in [4.69, 9.17) is 43.7 Å². The van der Waals surface area contributed by atoms with E-state index >= 15 is 0 Å². The molecule has 0 aliphatic carbocycles. The average Bonchev–Trinajstić information content (AvgIpc) is 3.08. The smallest absolute Gasteiger partial charge is 0.319 e. The summed E-state index contributed by atoms with van der Waals surface area (Å²) in [6.45, 7) is 3.73. The van der Waals surface area contributed by atoms with E-state index in [2.05, 4.69) is 0 Å². The predicted octanol–water partition coefficient (Wildman–Crippen LogP) is 12.4. The lowest BCUT2D eigenvalue weighted by Gasteiger charge is -2.26. The number of alkyl halides is 4. The van der Waals surface area contributed by atoms with Crippen LogP contribution in [0, 0.1) is 0 Å². The van der Waals surface area contributed by atoms with Gasteiger partial charge in [0.1, 0.15) is 0 Å². The van der Waals surface area contributed by atoms with E-state index in [1.165, 1.54) is 47.8 Å². The van der Waals surface area contributed by atoms with Gasteiger partial charge in [-0.05, 0) is 112 Å². The molecule has 0 aliphatic heterocycles. The van der Waals surface area contributed by atoms with E-state index in [-0.39, 0.29) is 24.3 Å². The number of hydrogen-bond acceptors (Lipinski definition) is 7. The molecule has 0 bridgehead atoms. The zero-order valence-corrected chi connectivity index (χ0v) is 33.0. The van der Waals surface area contributed by atoms with Gasteiger partial charge >= 0.3 is 8.25 Å². The number of nitrogens with two attached hydrogens (primary N) is 2. The molecule has 4 aromatic rings. The topological polar surface area (TPSA) is 87.6 Å². The molecule has 282 valence electrons. The summed E-state index contributed by atoms with van der Waals surface area (Å²) in [5, 5.41) is 1.17. The molecule has 0 radical (unpaired) electrons. The summed E-state index contributed by atoms with van der Waals surface area (Å²) in [5.74, 6) is 0. The van der Waals surface area contributed by atoms with E-state index in [1.807, 2.05) is 50.2 Å². The lowest BCUT2D eigenvalue weighted by Crippen LogP contribution is -2.41.